The normalized spacial score (nSPS) is 9.90. The first-order valence-electron chi connectivity index (χ1n) is 6.49. The van der Waals surface area contributed by atoms with Crippen LogP contribution >= 0.6 is 0 Å². The van der Waals surface area contributed by atoms with Crippen LogP contribution in [-0.2, 0) is 11.3 Å². The van der Waals surface area contributed by atoms with Gasteiger partial charge in [-0.05, 0) is 17.7 Å². The van der Waals surface area contributed by atoms with Crippen molar-refractivity contribution < 1.29 is 9.47 Å². The molecule has 0 aliphatic heterocycles. The molecule has 108 valence electrons. The Labute approximate surface area is 123 Å². The number of anilines is 1. The van der Waals surface area contributed by atoms with E-state index < -0.39 is 0 Å². The fraction of sp³-hybridized carbons (Fsp3) is 0.267. The minimum absolute atomic E-state index is 0.283. The molecule has 6 nitrogen and oxygen atoms in total. The number of rotatable bonds is 7. The summed E-state index contributed by atoms with van der Waals surface area (Å²) in [5.74, 6) is 1.29. The molecule has 0 amide bonds. The lowest BCUT2D eigenvalue weighted by molar-refractivity contribution is 0.130. The van der Waals surface area contributed by atoms with Crippen molar-refractivity contribution in [1.29, 1.82) is 5.26 Å². The Kier molecular flexibility index (Phi) is 5.50. The van der Waals surface area contributed by atoms with E-state index in [4.69, 9.17) is 14.7 Å². The molecule has 0 aliphatic rings. The average molecular weight is 284 g/mol. The molecule has 0 saturated carbocycles. The van der Waals surface area contributed by atoms with Gasteiger partial charge in [0.2, 0.25) is 0 Å². The lowest BCUT2D eigenvalue weighted by Crippen LogP contribution is -2.11. The molecule has 1 aromatic carbocycles. The Morgan fingerprint density at radius 3 is 2.95 bits per heavy atom. The van der Waals surface area contributed by atoms with Crippen molar-refractivity contribution >= 4 is 5.82 Å². The van der Waals surface area contributed by atoms with Gasteiger partial charge in [-0.1, -0.05) is 12.1 Å². The van der Waals surface area contributed by atoms with Gasteiger partial charge in [0.15, 0.2) is 11.5 Å². The van der Waals surface area contributed by atoms with Gasteiger partial charge in [-0.3, -0.25) is 0 Å². The van der Waals surface area contributed by atoms with E-state index in [2.05, 4.69) is 15.3 Å². The molecule has 2 aromatic rings. The molecule has 1 aromatic heterocycles. The summed E-state index contributed by atoms with van der Waals surface area (Å²) in [6.45, 7) is 1.56. The van der Waals surface area contributed by atoms with Crippen LogP contribution in [0.5, 0.6) is 5.75 Å². The van der Waals surface area contributed by atoms with E-state index in [9.17, 15) is 0 Å². The minimum Gasteiger partial charge on any atom is -0.497 e. The third-order valence-corrected chi connectivity index (χ3v) is 2.75. The maximum atomic E-state index is 8.88. The Balaban J connectivity index is 1.74. The highest BCUT2D eigenvalue weighted by atomic mass is 16.5. The molecule has 0 radical (unpaired) electrons. The van der Waals surface area contributed by atoms with Gasteiger partial charge in [-0.25, -0.2) is 9.97 Å². The molecule has 2 rings (SSSR count). The van der Waals surface area contributed by atoms with Gasteiger partial charge < -0.3 is 14.8 Å². The van der Waals surface area contributed by atoms with Crippen LogP contribution in [0.3, 0.4) is 0 Å². The second-order valence-electron chi connectivity index (χ2n) is 4.20. The zero-order valence-corrected chi connectivity index (χ0v) is 11.7. The Hall–Kier alpha value is -2.65. The standard InChI is InChI=1S/C15H16N4O2/c1-20-13-4-2-3-12(9-13)11-21-8-7-19-15-14(10-16)17-5-6-18-15/h2-6,9H,7-8,11H2,1H3,(H,18,19). The first-order chi connectivity index (χ1) is 10.3. The summed E-state index contributed by atoms with van der Waals surface area (Å²) < 4.78 is 10.7. The monoisotopic (exact) mass is 284 g/mol. The third kappa shape index (κ3) is 4.44. The molecule has 0 bridgehead atoms. The molecular weight excluding hydrogens is 268 g/mol. The highest BCUT2D eigenvalue weighted by Gasteiger charge is 2.02. The SMILES string of the molecule is COc1cccc(COCCNc2nccnc2C#N)c1. The summed E-state index contributed by atoms with van der Waals surface area (Å²) >= 11 is 0. The fourth-order valence-electron chi connectivity index (χ4n) is 1.74. The largest absolute Gasteiger partial charge is 0.497 e. The molecule has 0 fully saturated rings. The van der Waals surface area contributed by atoms with Gasteiger partial charge in [0.05, 0.1) is 20.3 Å². The minimum atomic E-state index is 0.283. The molecule has 1 N–H and O–H groups in total. The van der Waals surface area contributed by atoms with E-state index >= 15 is 0 Å². The van der Waals surface area contributed by atoms with E-state index in [0.717, 1.165) is 11.3 Å². The van der Waals surface area contributed by atoms with E-state index in [1.807, 2.05) is 30.3 Å². The van der Waals surface area contributed by atoms with Gasteiger partial charge in [-0.2, -0.15) is 5.26 Å². The van der Waals surface area contributed by atoms with E-state index in [1.54, 1.807) is 13.3 Å². The maximum absolute atomic E-state index is 8.88. The molecule has 0 saturated heterocycles. The number of nitrogens with zero attached hydrogens (tertiary/aromatic N) is 3. The van der Waals surface area contributed by atoms with Crippen LogP contribution in [0.15, 0.2) is 36.7 Å². The summed E-state index contributed by atoms with van der Waals surface area (Å²) in [6.07, 6.45) is 3.03. The van der Waals surface area contributed by atoms with Crippen molar-refractivity contribution in [2.45, 2.75) is 6.61 Å². The van der Waals surface area contributed by atoms with Crippen molar-refractivity contribution in [1.82, 2.24) is 9.97 Å². The zero-order chi connectivity index (χ0) is 14.9. The number of methoxy groups -OCH3 is 1. The quantitative estimate of drug-likeness (QED) is 0.783. The molecule has 6 heteroatoms. The van der Waals surface area contributed by atoms with Crippen molar-refractivity contribution in [2.75, 3.05) is 25.6 Å². The summed E-state index contributed by atoms with van der Waals surface area (Å²) in [6, 6.07) is 9.71. The molecule has 0 unspecified atom stereocenters. The first-order valence-corrected chi connectivity index (χ1v) is 6.49. The van der Waals surface area contributed by atoms with Crippen molar-refractivity contribution in [3.05, 3.63) is 47.9 Å². The van der Waals surface area contributed by atoms with E-state index in [-0.39, 0.29) is 5.69 Å². The number of ether oxygens (including phenoxy) is 2. The lowest BCUT2D eigenvalue weighted by atomic mass is 10.2. The van der Waals surface area contributed by atoms with Crippen LogP contribution in [-0.4, -0.2) is 30.2 Å². The highest BCUT2D eigenvalue weighted by molar-refractivity contribution is 5.46. The van der Waals surface area contributed by atoms with Gasteiger partial charge in [0, 0.05) is 18.9 Å². The number of aromatic nitrogens is 2. The second-order valence-corrected chi connectivity index (χ2v) is 4.20. The van der Waals surface area contributed by atoms with Gasteiger partial charge >= 0.3 is 0 Å². The summed E-state index contributed by atoms with van der Waals surface area (Å²) in [7, 11) is 1.64. The Morgan fingerprint density at radius 1 is 1.29 bits per heavy atom. The van der Waals surface area contributed by atoms with Gasteiger partial charge in [0.1, 0.15) is 11.8 Å². The van der Waals surface area contributed by atoms with Crippen molar-refractivity contribution in [3.63, 3.8) is 0 Å². The zero-order valence-electron chi connectivity index (χ0n) is 11.7. The number of nitriles is 1. The number of benzene rings is 1. The molecule has 0 atom stereocenters. The van der Waals surface area contributed by atoms with Crippen molar-refractivity contribution in [3.8, 4) is 11.8 Å². The fourth-order valence-corrected chi connectivity index (χ4v) is 1.74. The maximum Gasteiger partial charge on any atom is 0.182 e. The predicted molar refractivity (Wildman–Crippen MR) is 77.9 cm³/mol. The van der Waals surface area contributed by atoms with Crippen molar-refractivity contribution in [2.24, 2.45) is 0 Å². The van der Waals surface area contributed by atoms with Gasteiger partial charge in [-0.15, -0.1) is 0 Å². The van der Waals surface area contributed by atoms with Crippen LogP contribution in [0.4, 0.5) is 5.82 Å². The number of hydrogen-bond acceptors (Lipinski definition) is 6. The smallest absolute Gasteiger partial charge is 0.182 e. The summed E-state index contributed by atoms with van der Waals surface area (Å²) in [5.41, 5.74) is 1.33. The summed E-state index contributed by atoms with van der Waals surface area (Å²) in [5, 5.41) is 11.9. The van der Waals surface area contributed by atoms with Gasteiger partial charge in [0.25, 0.3) is 0 Å². The predicted octanol–water partition coefficient (Wildman–Crippen LogP) is 1.99. The Bertz CT molecular complexity index is 625. The number of hydrogen-bond donors (Lipinski definition) is 1. The first kappa shape index (κ1) is 14.8. The molecule has 0 spiro atoms. The van der Waals surface area contributed by atoms with Crippen LogP contribution in [0.25, 0.3) is 0 Å². The van der Waals surface area contributed by atoms with E-state index in [0.29, 0.717) is 25.6 Å². The molecule has 21 heavy (non-hydrogen) atoms. The molecule has 0 aliphatic carbocycles. The molecular formula is C15H16N4O2. The average Bonchev–Trinajstić information content (AvgIpc) is 2.55. The Morgan fingerprint density at radius 2 is 2.14 bits per heavy atom. The van der Waals surface area contributed by atoms with Crippen LogP contribution in [0.1, 0.15) is 11.3 Å². The molecule has 1 heterocycles. The highest BCUT2D eigenvalue weighted by Crippen LogP contribution is 2.13. The van der Waals surface area contributed by atoms with Crippen LogP contribution in [0, 0.1) is 11.3 Å². The third-order valence-electron chi connectivity index (χ3n) is 2.75. The summed E-state index contributed by atoms with van der Waals surface area (Å²) in [4.78, 5) is 7.98. The van der Waals surface area contributed by atoms with E-state index in [1.165, 1.54) is 6.20 Å². The number of nitrogens with one attached hydrogen (secondary N) is 1. The lowest BCUT2D eigenvalue weighted by Gasteiger charge is -2.08. The van der Waals surface area contributed by atoms with Crippen LogP contribution < -0.4 is 10.1 Å². The van der Waals surface area contributed by atoms with Crippen LogP contribution in [0.2, 0.25) is 0 Å². The second kappa shape index (κ2) is 7.82. The topological polar surface area (TPSA) is 80.1 Å².